The van der Waals surface area contributed by atoms with Crippen LogP contribution in [0.25, 0.3) is 0 Å². The second-order valence-electron chi connectivity index (χ2n) is 5.90. The van der Waals surface area contributed by atoms with E-state index in [0.717, 1.165) is 56.6 Å². The molecule has 1 aromatic heterocycles. The van der Waals surface area contributed by atoms with Crippen LogP contribution in [-0.4, -0.2) is 33.7 Å². The first-order chi connectivity index (χ1) is 10.8. The van der Waals surface area contributed by atoms with Crippen LogP contribution >= 0.6 is 0 Å². The van der Waals surface area contributed by atoms with Crippen molar-refractivity contribution in [1.29, 1.82) is 0 Å². The van der Waals surface area contributed by atoms with Crippen LogP contribution in [0.3, 0.4) is 0 Å². The molecule has 0 radical (unpaired) electrons. The van der Waals surface area contributed by atoms with Crippen molar-refractivity contribution in [3.63, 3.8) is 0 Å². The molecule has 0 atom stereocenters. The van der Waals surface area contributed by atoms with Crippen LogP contribution in [0, 0.1) is 0 Å². The van der Waals surface area contributed by atoms with E-state index in [1.165, 1.54) is 5.56 Å². The third-order valence-electron chi connectivity index (χ3n) is 4.23. The Bertz CT molecular complexity index is 627. The summed E-state index contributed by atoms with van der Waals surface area (Å²) in [5.74, 6) is 0.153. The number of carbonyl (C=O) groups is 1. The van der Waals surface area contributed by atoms with Crippen molar-refractivity contribution < 1.29 is 4.79 Å². The molecule has 1 aromatic carbocycles. The summed E-state index contributed by atoms with van der Waals surface area (Å²) >= 11 is 0. The van der Waals surface area contributed by atoms with E-state index >= 15 is 0 Å². The Labute approximate surface area is 131 Å². The molecular weight excluding hydrogens is 274 g/mol. The van der Waals surface area contributed by atoms with Gasteiger partial charge >= 0.3 is 0 Å². The summed E-state index contributed by atoms with van der Waals surface area (Å²) in [5.41, 5.74) is 3.08. The Balaban J connectivity index is 1.86. The first kappa shape index (κ1) is 14.8. The van der Waals surface area contributed by atoms with E-state index in [9.17, 15) is 4.79 Å². The summed E-state index contributed by atoms with van der Waals surface area (Å²) < 4.78 is 1.99. The molecule has 0 aliphatic carbocycles. The van der Waals surface area contributed by atoms with Crippen LogP contribution in [0.4, 0.5) is 0 Å². The molecule has 0 bridgehead atoms. The van der Waals surface area contributed by atoms with Crippen molar-refractivity contribution in [2.75, 3.05) is 13.1 Å². The molecule has 1 amide bonds. The van der Waals surface area contributed by atoms with E-state index in [2.05, 4.69) is 24.2 Å². The molecule has 22 heavy (non-hydrogen) atoms. The zero-order valence-electron chi connectivity index (χ0n) is 13.2. The highest BCUT2D eigenvalue weighted by molar-refractivity contribution is 5.95. The third kappa shape index (κ3) is 3.06. The minimum atomic E-state index is 0.153. The molecule has 1 fully saturated rings. The van der Waals surface area contributed by atoms with E-state index in [4.69, 9.17) is 0 Å². The molecule has 2 aromatic rings. The van der Waals surface area contributed by atoms with E-state index in [0.29, 0.717) is 0 Å². The predicted molar refractivity (Wildman–Crippen MR) is 86.9 cm³/mol. The number of likely N-dealkylation sites (tertiary alicyclic amines) is 1. The fraction of sp³-hybridized carbons (Fsp3) is 0.444. The summed E-state index contributed by atoms with van der Waals surface area (Å²) in [6.07, 6.45) is 5.90. The maximum atomic E-state index is 12.7. The second kappa shape index (κ2) is 6.77. The molecule has 1 aliphatic heterocycles. The van der Waals surface area contributed by atoms with E-state index in [1.807, 2.05) is 27.8 Å². The average Bonchev–Trinajstić information content (AvgIpc) is 3.19. The van der Waals surface area contributed by atoms with Gasteiger partial charge in [0.25, 0.3) is 5.91 Å². The molecular formula is C18H23N3O. The van der Waals surface area contributed by atoms with Crippen molar-refractivity contribution in [3.05, 3.63) is 53.3 Å². The maximum Gasteiger partial charge on any atom is 0.257 e. The smallest absolute Gasteiger partial charge is 0.257 e. The van der Waals surface area contributed by atoms with Gasteiger partial charge in [0.1, 0.15) is 0 Å². The number of carbonyl (C=O) groups excluding carboxylic acids is 1. The second-order valence-corrected chi connectivity index (χ2v) is 5.90. The Morgan fingerprint density at radius 2 is 1.91 bits per heavy atom. The lowest BCUT2D eigenvalue weighted by atomic mass is 10.1. The Morgan fingerprint density at radius 3 is 2.59 bits per heavy atom. The molecule has 4 nitrogen and oxygen atoms in total. The largest absolute Gasteiger partial charge is 0.339 e. The van der Waals surface area contributed by atoms with E-state index in [-0.39, 0.29) is 5.91 Å². The Hall–Kier alpha value is -2.10. The standard InChI is InChI=1S/C18H23N3O/c1-2-8-17-16(18(22)20-11-6-7-12-20)13-19-21(17)14-15-9-4-3-5-10-15/h3-5,9-10,13H,2,6-8,11-12,14H2,1H3. The van der Waals surface area contributed by atoms with E-state index in [1.54, 1.807) is 6.20 Å². The van der Waals surface area contributed by atoms with Gasteiger partial charge < -0.3 is 4.90 Å². The van der Waals surface area contributed by atoms with Crippen molar-refractivity contribution in [1.82, 2.24) is 14.7 Å². The first-order valence-electron chi connectivity index (χ1n) is 8.17. The normalized spacial score (nSPS) is 14.5. The van der Waals surface area contributed by atoms with Gasteiger partial charge in [-0.25, -0.2) is 0 Å². The first-order valence-corrected chi connectivity index (χ1v) is 8.17. The van der Waals surface area contributed by atoms with Gasteiger partial charge in [0.2, 0.25) is 0 Å². The van der Waals surface area contributed by atoms with Crippen molar-refractivity contribution in [2.24, 2.45) is 0 Å². The molecule has 0 spiro atoms. The lowest BCUT2D eigenvalue weighted by Crippen LogP contribution is -2.28. The fourth-order valence-electron chi connectivity index (χ4n) is 3.07. The maximum absolute atomic E-state index is 12.7. The van der Waals surface area contributed by atoms with Crippen LogP contribution in [0.15, 0.2) is 36.5 Å². The van der Waals surface area contributed by atoms with E-state index < -0.39 is 0 Å². The Kier molecular flexibility index (Phi) is 4.56. The zero-order chi connectivity index (χ0) is 15.4. The summed E-state index contributed by atoms with van der Waals surface area (Å²) in [6, 6.07) is 10.3. The van der Waals surface area contributed by atoms with Crippen LogP contribution < -0.4 is 0 Å². The molecule has 0 unspecified atom stereocenters. The quantitative estimate of drug-likeness (QED) is 0.850. The SMILES string of the molecule is CCCc1c(C(=O)N2CCCC2)cnn1Cc1ccccc1. The molecule has 1 saturated heterocycles. The number of hydrogen-bond donors (Lipinski definition) is 0. The van der Waals surface area contributed by atoms with Crippen molar-refractivity contribution >= 4 is 5.91 Å². The monoisotopic (exact) mass is 297 g/mol. The molecule has 3 rings (SSSR count). The topological polar surface area (TPSA) is 38.1 Å². The van der Waals surface area contributed by atoms with Gasteiger partial charge in [-0.3, -0.25) is 9.48 Å². The lowest BCUT2D eigenvalue weighted by molar-refractivity contribution is 0.0791. The average molecular weight is 297 g/mol. The van der Waals surface area contributed by atoms with Crippen LogP contribution in [0.1, 0.15) is 47.8 Å². The minimum Gasteiger partial charge on any atom is -0.339 e. The summed E-state index contributed by atoms with van der Waals surface area (Å²) in [6.45, 7) is 4.63. The number of benzene rings is 1. The van der Waals surface area contributed by atoms with Crippen LogP contribution in [0.5, 0.6) is 0 Å². The molecule has 0 N–H and O–H groups in total. The van der Waals surface area contributed by atoms with Gasteiger partial charge in [0.05, 0.1) is 24.0 Å². The molecule has 4 heteroatoms. The highest BCUT2D eigenvalue weighted by atomic mass is 16.2. The number of nitrogens with zero attached hydrogens (tertiary/aromatic N) is 3. The number of rotatable bonds is 5. The van der Waals surface area contributed by atoms with Gasteiger partial charge in [-0.1, -0.05) is 43.7 Å². The van der Waals surface area contributed by atoms with Gasteiger partial charge in [0, 0.05) is 13.1 Å². The summed E-state index contributed by atoms with van der Waals surface area (Å²) in [5, 5.41) is 4.49. The molecule has 1 aliphatic rings. The van der Waals surface area contributed by atoms with Gasteiger partial charge in [-0.2, -0.15) is 5.10 Å². The van der Waals surface area contributed by atoms with Crippen molar-refractivity contribution in [2.45, 2.75) is 39.2 Å². The summed E-state index contributed by atoms with van der Waals surface area (Å²) in [7, 11) is 0. The predicted octanol–water partition coefficient (Wildman–Crippen LogP) is 3.12. The minimum absolute atomic E-state index is 0.153. The third-order valence-corrected chi connectivity index (χ3v) is 4.23. The fourth-order valence-corrected chi connectivity index (χ4v) is 3.07. The van der Waals surface area contributed by atoms with Gasteiger partial charge in [-0.05, 0) is 24.8 Å². The lowest BCUT2D eigenvalue weighted by Gasteiger charge is -2.16. The molecule has 0 saturated carbocycles. The number of amides is 1. The summed E-state index contributed by atoms with van der Waals surface area (Å²) in [4.78, 5) is 14.6. The highest BCUT2D eigenvalue weighted by Gasteiger charge is 2.24. The zero-order valence-corrected chi connectivity index (χ0v) is 13.2. The Morgan fingerprint density at radius 1 is 1.18 bits per heavy atom. The van der Waals surface area contributed by atoms with Crippen molar-refractivity contribution in [3.8, 4) is 0 Å². The number of aromatic nitrogens is 2. The van der Waals surface area contributed by atoms with Crippen LogP contribution in [-0.2, 0) is 13.0 Å². The molecule has 116 valence electrons. The molecule has 2 heterocycles. The van der Waals surface area contributed by atoms with Crippen LogP contribution in [0.2, 0.25) is 0 Å². The van der Waals surface area contributed by atoms with Gasteiger partial charge in [-0.15, -0.1) is 0 Å². The van der Waals surface area contributed by atoms with Gasteiger partial charge in [0.15, 0.2) is 0 Å². The number of hydrogen-bond acceptors (Lipinski definition) is 2. The highest BCUT2D eigenvalue weighted by Crippen LogP contribution is 2.18.